The van der Waals surface area contributed by atoms with E-state index in [0.717, 1.165) is 5.56 Å². The minimum Gasteiger partial charge on any atom is -0.493 e. The molecular weight excluding hydrogens is 234 g/mol. The molecule has 1 aromatic carbocycles. The van der Waals surface area contributed by atoms with Crippen molar-refractivity contribution in [2.45, 2.75) is 13.5 Å². The minimum atomic E-state index is 0.0995. The van der Waals surface area contributed by atoms with Crippen LogP contribution in [0.1, 0.15) is 12.5 Å². The van der Waals surface area contributed by atoms with Crippen molar-refractivity contribution in [2.24, 2.45) is 0 Å². The molecule has 0 fully saturated rings. The third-order valence-electron chi connectivity index (χ3n) is 2.43. The molecule has 0 aliphatic heterocycles. The molecule has 5 nitrogen and oxygen atoms in total. The number of hydrogen-bond donors (Lipinski definition) is 1. The Morgan fingerprint density at radius 2 is 1.67 bits per heavy atom. The Morgan fingerprint density at radius 1 is 1.11 bits per heavy atom. The molecule has 18 heavy (non-hydrogen) atoms. The van der Waals surface area contributed by atoms with Gasteiger partial charge in [0.25, 0.3) is 0 Å². The first-order valence-corrected chi connectivity index (χ1v) is 5.61. The van der Waals surface area contributed by atoms with Gasteiger partial charge >= 0.3 is 0 Å². The van der Waals surface area contributed by atoms with Crippen molar-refractivity contribution < 1.29 is 19.0 Å². The molecule has 1 rings (SSSR count). The van der Waals surface area contributed by atoms with Gasteiger partial charge in [-0.05, 0) is 24.6 Å². The molecule has 0 unspecified atom stereocenters. The second-order valence-electron chi connectivity index (χ2n) is 3.84. The lowest BCUT2D eigenvalue weighted by Crippen LogP contribution is -2.20. The summed E-state index contributed by atoms with van der Waals surface area (Å²) in [7, 11) is 4.71. The SMILES string of the molecule is COc1cc(CNCC(C)=O)cc(OC)c1OC. The monoisotopic (exact) mass is 253 g/mol. The lowest BCUT2D eigenvalue weighted by Gasteiger charge is -2.14. The van der Waals surface area contributed by atoms with Crippen molar-refractivity contribution in [3.05, 3.63) is 17.7 Å². The largest absolute Gasteiger partial charge is 0.493 e. The average Bonchev–Trinajstić information content (AvgIpc) is 2.36. The summed E-state index contributed by atoms with van der Waals surface area (Å²) in [6.07, 6.45) is 0. The Morgan fingerprint density at radius 3 is 2.06 bits per heavy atom. The van der Waals surface area contributed by atoms with Gasteiger partial charge in [-0.15, -0.1) is 0 Å². The Kier molecular flexibility index (Phi) is 5.45. The van der Waals surface area contributed by atoms with Crippen LogP contribution in [0.2, 0.25) is 0 Å². The van der Waals surface area contributed by atoms with E-state index in [1.807, 2.05) is 12.1 Å². The van der Waals surface area contributed by atoms with Crippen molar-refractivity contribution in [3.8, 4) is 17.2 Å². The summed E-state index contributed by atoms with van der Waals surface area (Å²) in [6.45, 7) is 2.45. The van der Waals surface area contributed by atoms with E-state index in [-0.39, 0.29) is 5.78 Å². The van der Waals surface area contributed by atoms with Crippen molar-refractivity contribution >= 4 is 5.78 Å². The summed E-state index contributed by atoms with van der Waals surface area (Å²) >= 11 is 0. The second-order valence-corrected chi connectivity index (χ2v) is 3.84. The van der Waals surface area contributed by atoms with Gasteiger partial charge in [0.15, 0.2) is 11.5 Å². The first-order chi connectivity index (χ1) is 8.62. The zero-order valence-electron chi connectivity index (χ0n) is 11.2. The van der Waals surface area contributed by atoms with Gasteiger partial charge in [-0.1, -0.05) is 0 Å². The molecular formula is C13H19NO4. The van der Waals surface area contributed by atoms with Crippen LogP contribution in [0.4, 0.5) is 0 Å². The Labute approximate surface area is 107 Å². The fourth-order valence-electron chi connectivity index (χ4n) is 1.62. The van der Waals surface area contributed by atoms with Crippen LogP contribution in [-0.4, -0.2) is 33.7 Å². The second kappa shape index (κ2) is 6.86. The molecule has 0 aliphatic rings. The summed E-state index contributed by atoms with van der Waals surface area (Å²) < 4.78 is 15.7. The van der Waals surface area contributed by atoms with E-state index >= 15 is 0 Å². The molecule has 0 aromatic heterocycles. The number of ketones is 1. The van der Waals surface area contributed by atoms with Crippen LogP contribution in [0.15, 0.2) is 12.1 Å². The molecule has 0 amide bonds. The molecule has 0 saturated heterocycles. The van der Waals surface area contributed by atoms with Crippen LogP contribution in [0.5, 0.6) is 17.2 Å². The van der Waals surface area contributed by atoms with E-state index in [9.17, 15) is 4.79 Å². The normalized spacial score (nSPS) is 10.0. The summed E-state index contributed by atoms with van der Waals surface area (Å²) in [5.41, 5.74) is 0.964. The molecule has 0 radical (unpaired) electrons. The fourth-order valence-corrected chi connectivity index (χ4v) is 1.62. The van der Waals surface area contributed by atoms with Gasteiger partial charge in [0.05, 0.1) is 27.9 Å². The maximum absolute atomic E-state index is 10.8. The van der Waals surface area contributed by atoms with Gasteiger partial charge in [0.2, 0.25) is 5.75 Å². The topological polar surface area (TPSA) is 56.8 Å². The molecule has 0 saturated carbocycles. The van der Waals surface area contributed by atoms with Gasteiger partial charge in [0.1, 0.15) is 5.78 Å². The molecule has 0 heterocycles. The number of benzene rings is 1. The lowest BCUT2D eigenvalue weighted by molar-refractivity contribution is -0.116. The van der Waals surface area contributed by atoms with Crippen LogP contribution in [0.3, 0.4) is 0 Å². The van der Waals surface area contributed by atoms with Crippen molar-refractivity contribution in [1.29, 1.82) is 0 Å². The van der Waals surface area contributed by atoms with Crippen LogP contribution in [0, 0.1) is 0 Å². The summed E-state index contributed by atoms with van der Waals surface area (Å²) in [5.74, 6) is 1.88. The molecule has 100 valence electrons. The zero-order chi connectivity index (χ0) is 13.5. The van der Waals surface area contributed by atoms with E-state index in [1.165, 1.54) is 0 Å². The smallest absolute Gasteiger partial charge is 0.203 e. The molecule has 1 N–H and O–H groups in total. The summed E-state index contributed by atoms with van der Waals surface area (Å²) in [5, 5.41) is 3.04. The number of ether oxygens (including phenoxy) is 3. The van der Waals surface area contributed by atoms with Crippen LogP contribution in [0.25, 0.3) is 0 Å². The Balaban J connectivity index is 2.89. The van der Waals surface area contributed by atoms with E-state index in [2.05, 4.69) is 5.32 Å². The highest BCUT2D eigenvalue weighted by atomic mass is 16.5. The Hall–Kier alpha value is -1.75. The number of Topliss-reactive ketones (excluding diaryl/α,β-unsaturated/α-hetero) is 1. The molecule has 1 aromatic rings. The first kappa shape index (κ1) is 14.3. The average molecular weight is 253 g/mol. The molecule has 0 spiro atoms. The predicted octanol–water partition coefficient (Wildman–Crippen LogP) is 1.39. The van der Waals surface area contributed by atoms with Crippen LogP contribution in [-0.2, 0) is 11.3 Å². The van der Waals surface area contributed by atoms with E-state index in [0.29, 0.717) is 30.3 Å². The van der Waals surface area contributed by atoms with E-state index < -0.39 is 0 Å². The van der Waals surface area contributed by atoms with Gasteiger partial charge in [0, 0.05) is 6.54 Å². The summed E-state index contributed by atoms with van der Waals surface area (Å²) in [6, 6.07) is 3.71. The third kappa shape index (κ3) is 3.63. The van der Waals surface area contributed by atoms with Crippen LogP contribution < -0.4 is 19.5 Å². The number of hydrogen-bond acceptors (Lipinski definition) is 5. The first-order valence-electron chi connectivity index (χ1n) is 5.61. The number of carbonyl (C=O) groups is 1. The van der Waals surface area contributed by atoms with Gasteiger partial charge in [-0.25, -0.2) is 0 Å². The van der Waals surface area contributed by atoms with Crippen molar-refractivity contribution in [3.63, 3.8) is 0 Å². The van der Waals surface area contributed by atoms with Crippen molar-refractivity contribution in [1.82, 2.24) is 5.32 Å². The highest BCUT2D eigenvalue weighted by Gasteiger charge is 2.12. The molecule has 0 atom stereocenters. The van der Waals surface area contributed by atoms with Gasteiger partial charge < -0.3 is 19.5 Å². The maximum Gasteiger partial charge on any atom is 0.203 e. The molecule has 5 heteroatoms. The summed E-state index contributed by atoms with van der Waals surface area (Å²) in [4.78, 5) is 10.8. The Bertz CT molecular complexity index is 392. The highest BCUT2D eigenvalue weighted by Crippen LogP contribution is 2.38. The van der Waals surface area contributed by atoms with Crippen LogP contribution >= 0.6 is 0 Å². The lowest BCUT2D eigenvalue weighted by atomic mass is 10.1. The quantitative estimate of drug-likeness (QED) is 0.795. The number of methoxy groups -OCH3 is 3. The standard InChI is InChI=1S/C13H19NO4/c1-9(15)7-14-8-10-5-11(16-2)13(18-4)12(6-10)17-3/h5-6,14H,7-8H2,1-4H3. The third-order valence-corrected chi connectivity index (χ3v) is 2.43. The number of rotatable bonds is 7. The number of nitrogens with one attached hydrogen (secondary N) is 1. The zero-order valence-corrected chi connectivity index (χ0v) is 11.2. The van der Waals surface area contributed by atoms with E-state index in [4.69, 9.17) is 14.2 Å². The minimum absolute atomic E-state index is 0.0995. The van der Waals surface area contributed by atoms with Gasteiger partial charge in [-0.3, -0.25) is 4.79 Å². The molecule has 0 bridgehead atoms. The predicted molar refractivity (Wildman–Crippen MR) is 68.5 cm³/mol. The molecule has 0 aliphatic carbocycles. The fraction of sp³-hybridized carbons (Fsp3) is 0.462. The van der Waals surface area contributed by atoms with Gasteiger partial charge in [-0.2, -0.15) is 0 Å². The van der Waals surface area contributed by atoms with Crippen molar-refractivity contribution in [2.75, 3.05) is 27.9 Å². The maximum atomic E-state index is 10.8. The highest BCUT2D eigenvalue weighted by molar-refractivity contribution is 5.77. The number of carbonyl (C=O) groups excluding carboxylic acids is 1. The van der Waals surface area contributed by atoms with E-state index in [1.54, 1.807) is 28.3 Å².